The fourth-order valence-corrected chi connectivity index (χ4v) is 5.06. The molecule has 0 spiro atoms. The van der Waals surface area contributed by atoms with Gasteiger partial charge in [-0.1, -0.05) is 13.0 Å². The second-order valence-corrected chi connectivity index (χ2v) is 8.06. The van der Waals surface area contributed by atoms with Crippen LogP contribution in [0.5, 0.6) is 0 Å². The second kappa shape index (κ2) is 7.02. The van der Waals surface area contributed by atoms with Gasteiger partial charge in [0.1, 0.15) is 0 Å². The molecule has 0 amide bonds. The molecular weight excluding hydrogens is 374 g/mol. The number of halogens is 1. The van der Waals surface area contributed by atoms with Crippen molar-refractivity contribution in [3.63, 3.8) is 0 Å². The van der Waals surface area contributed by atoms with Crippen LogP contribution in [0.15, 0.2) is 39.0 Å². The monoisotopic (exact) mass is 389 g/mol. The standard InChI is InChI=1S/C14H16BrNO3S2/c1-2-11-5-6-20-13(11)8-16-21(18,19)14-4-3-10(9-17)7-12(14)15/h3-7,16-17H,2,8-9H2,1H3. The van der Waals surface area contributed by atoms with Crippen molar-refractivity contribution in [1.82, 2.24) is 4.72 Å². The molecule has 114 valence electrons. The van der Waals surface area contributed by atoms with Gasteiger partial charge in [0.25, 0.3) is 0 Å². The van der Waals surface area contributed by atoms with Gasteiger partial charge in [-0.3, -0.25) is 0 Å². The van der Waals surface area contributed by atoms with Gasteiger partial charge in [0.2, 0.25) is 10.0 Å². The molecule has 21 heavy (non-hydrogen) atoms. The summed E-state index contributed by atoms with van der Waals surface area (Å²) in [6.45, 7) is 2.21. The van der Waals surface area contributed by atoms with Crippen molar-refractivity contribution in [2.75, 3.05) is 0 Å². The van der Waals surface area contributed by atoms with Crippen molar-refractivity contribution in [3.05, 3.63) is 50.1 Å². The normalized spacial score (nSPS) is 11.8. The van der Waals surface area contributed by atoms with Gasteiger partial charge in [-0.25, -0.2) is 13.1 Å². The molecule has 2 rings (SSSR count). The van der Waals surface area contributed by atoms with Crippen LogP contribution in [-0.4, -0.2) is 13.5 Å². The van der Waals surface area contributed by atoms with E-state index >= 15 is 0 Å². The third kappa shape index (κ3) is 3.92. The van der Waals surface area contributed by atoms with Crippen LogP contribution in [0.25, 0.3) is 0 Å². The highest BCUT2D eigenvalue weighted by Gasteiger charge is 2.18. The minimum absolute atomic E-state index is 0.124. The van der Waals surface area contributed by atoms with E-state index in [1.807, 2.05) is 18.4 Å². The Balaban J connectivity index is 2.19. The van der Waals surface area contributed by atoms with Crippen LogP contribution in [0.2, 0.25) is 0 Å². The van der Waals surface area contributed by atoms with Gasteiger partial charge in [0, 0.05) is 15.9 Å². The molecule has 1 aromatic heterocycles. The molecular formula is C14H16BrNO3S2. The van der Waals surface area contributed by atoms with E-state index in [-0.39, 0.29) is 18.0 Å². The summed E-state index contributed by atoms with van der Waals surface area (Å²) in [5, 5.41) is 11.0. The largest absolute Gasteiger partial charge is 0.392 e. The van der Waals surface area contributed by atoms with Crippen molar-refractivity contribution in [2.45, 2.75) is 31.4 Å². The van der Waals surface area contributed by atoms with E-state index in [2.05, 4.69) is 20.7 Å². The van der Waals surface area contributed by atoms with Crippen molar-refractivity contribution < 1.29 is 13.5 Å². The van der Waals surface area contributed by atoms with Crippen LogP contribution < -0.4 is 4.72 Å². The number of hydrogen-bond acceptors (Lipinski definition) is 4. The number of thiophene rings is 1. The maximum absolute atomic E-state index is 12.3. The van der Waals surface area contributed by atoms with Crippen molar-refractivity contribution in [3.8, 4) is 0 Å². The van der Waals surface area contributed by atoms with E-state index in [0.29, 0.717) is 10.0 Å². The zero-order valence-corrected chi connectivity index (χ0v) is 14.7. The lowest BCUT2D eigenvalue weighted by molar-refractivity contribution is 0.281. The first kappa shape index (κ1) is 16.6. The van der Waals surface area contributed by atoms with Crippen LogP contribution in [0.3, 0.4) is 0 Å². The number of rotatable bonds is 6. The Hall–Kier alpha value is -0.730. The maximum atomic E-state index is 12.3. The Morgan fingerprint density at radius 3 is 2.71 bits per heavy atom. The molecule has 0 saturated carbocycles. The zero-order valence-electron chi connectivity index (χ0n) is 11.5. The smallest absolute Gasteiger partial charge is 0.242 e. The summed E-state index contributed by atoms with van der Waals surface area (Å²) in [6.07, 6.45) is 0.884. The predicted molar refractivity (Wildman–Crippen MR) is 87.8 cm³/mol. The lowest BCUT2D eigenvalue weighted by atomic mass is 10.2. The Kier molecular flexibility index (Phi) is 5.56. The number of aliphatic hydroxyl groups is 1. The molecule has 0 aliphatic rings. The summed E-state index contributed by atoms with van der Waals surface area (Å²) < 4.78 is 27.8. The zero-order chi connectivity index (χ0) is 15.5. The predicted octanol–water partition coefficient (Wildman–Crippen LogP) is 3.04. The number of sulfonamides is 1. The molecule has 0 radical (unpaired) electrons. The minimum atomic E-state index is -3.59. The summed E-state index contributed by atoms with van der Waals surface area (Å²) in [5.74, 6) is 0. The summed E-state index contributed by atoms with van der Waals surface area (Å²) in [4.78, 5) is 1.21. The van der Waals surface area contributed by atoms with E-state index in [0.717, 1.165) is 16.9 Å². The number of aryl methyl sites for hydroxylation is 1. The molecule has 0 fully saturated rings. The average Bonchev–Trinajstić information content (AvgIpc) is 2.92. The fourth-order valence-electron chi connectivity index (χ4n) is 1.94. The Morgan fingerprint density at radius 2 is 2.10 bits per heavy atom. The van der Waals surface area contributed by atoms with Gasteiger partial charge in [0.05, 0.1) is 11.5 Å². The number of aliphatic hydroxyl groups excluding tert-OH is 1. The summed E-state index contributed by atoms with van der Waals surface area (Å²) in [7, 11) is -3.59. The van der Waals surface area contributed by atoms with Crippen LogP contribution in [0.4, 0.5) is 0 Å². The molecule has 4 nitrogen and oxygen atoms in total. The van der Waals surface area contributed by atoms with Crippen LogP contribution in [-0.2, 0) is 29.6 Å². The second-order valence-electron chi connectivity index (χ2n) is 4.47. The summed E-state index contributed by atoms with van der Waals surface area (Å²) in [6, 6.07) is 6.71. The first-order chi connectivity index (χ1) is 9.97. The quantitative estimate of drug-likeness (QED) is 0.797. The Morgan fingerprint density at radius 1 is 1.33 bits per heavy atom. The van der Waals surface area contributed by atoms with Gasteiger partial charge in [-0.15, -0.1) is 11.3 Å². The number of benzene rings is 1. The van der Waals surface area contributed by atoms with Gasteiger partial charge in [0.15, 0.2) is 0 Å². The van der Waals surface area contributed by atoms with Crippen molar-refractivity contribution in [1.29, 1.82) is 0 Å². The third-order valence-electron chi connectivity index (χ3n) is 3.11. The van der Waals surface area contributed by atoms with E-state index in [9.17, 15) is 8.42 Å². The molecule has 0 aliphatic carbocycles. The van der Waals surface area contributed by atoms with Gasteiger partial charge in [-0.05, 0) is 57.1 Å². The van der Waals surface area contributed by atoms with E-state index < -0.39 is 10.0 Å². The van der Waals surface area contributed by atoms with Crippen LogP contribution in [0, 0.1) is 0 Å². The molecule has 1 aromatic carbocycles. The Bertz CT molecular complexity index is 726. The van der Waals surface area contributed by atoms with E-state index in [1.54, 1.807) is 23.5 Å². The molecule has 2 aromatic rings. The third-order valence-corrected chi connectivity index (χ3v) is 6.45. The van der Waals surface area contributed by atoms with Gasteiger partial charge in [-0.2, -0.15) is 0 Å². The fraction of sp³-hybridized carbons (Fsp3) is 0.286. The molecule has 0 unspecified atom stereocenters. The average molecular weight is 390 g/mol. The highest BCUT2D eigenvalue weighted by molar-refractivity contribution is 9.10. The number of nitrogens with one attached hydrogen (secondary N) is 1. The van der Waals surface area contributed by atoms with Crippen molar-refractivity contribution >= 4 is 37.3 Å². The lowest BCUT2D eigenvalue weighted by Gasteiger charge is -2.09. The molecule has 0 bridgehead atoms. The SMILES string of the molecule is CCc1ccsc1CNS(=O)(=O)c1ccc(CO)cc1Br. The van der Waals surface area contributed by atoms with Crippen LogP contribution >= 0.6 is 27.3 Å². The summed E-state index contributed by atoms with van der Waals surface area (Å²) in [5.41, 5.74) is 1.82. The lowest BCUT2D eigenvalue weighted by Crippen LogP contribution is -2.23. The highest BCUT2D eigenvalue weighted by Crippen LogP contribution is 2.24. The van der Waals surface area contributed by atoms with E-state index in [4.69, 9.17) is 5.11 Å². The molecule has 0 saturated heterocycles. The maximum Gasteiger partial charge on any atom is 0.242 e. The minimum Gasteiger partial charge on any atom is -0.392 e. The molecule has 7 heteroatoms. The van der Waals surface area contributed by atoms with E-state index in [1.165, 1.54) is 6.07 Å². The van der Waals surface area contributed by atoms with Crippen molar-refractivity contribution in [2.24, 2.45) is 0 Å². The first-order valence-corrected chi connectivity index (χ1v) is 9.57. The molecule has 0 aliphatic heterocycles. The molecule has 1 heterocycles. The molecule has 2 N–H and O–H groups in total. The van der Waals surface area contributed by atoms with Crippen LogP contribution in [0.1, 0.15) is 22.9 Å². The highest BCUT2D eigenvalue weighted by atomic mass is 79.9. The topological polar surface area (TPSA) is 66.4 Å². The Labute approximate surface area is 137 Å². The molecule has 0 atom stereocenters. The summed E-state index contributed by atoms with van der Waals surface area (Å²) >= 11 is 4.79. The van der Waals surface area contributed by atoms with Gasteiger partial charge >= 0.3 is 0 Å². The number of hydrogen-bond donors (Lipinski definition) is 2. The first-order valence-electron chi connectivity index (χ1n) is 6.42. The van der Waals surface area contributed by atoms with Gasteiger partial charge < -0.3 is 5.11 Å².